The second kappa shape index (κ2) is 8.68. The van der Waals surface area contributed by atoms with Gasteiger partial charge in [0.25, 0.3) is 5.91 Å². The highest BCUT2D eigenvalue weighted by atomic mass is 16.5. The van der Waals surface area contributed by atoms with E-state index in [1.165, 1.54) is 13.0 Å². The Balaban J connectivity index is 1.91. The normalized spacial score (nSPS) is 12.0. The lowest BCUT2D eigenvalue weighted by Crippen LogP contribution is -2.29. The van der Waals surface area contributed by atoms with Crippen LogP contribution in [0.3, 0.4) is 0 Å². The number of rotatable bonds is 7. The average molecular weight is 344 g/mol. The van der Waals surface area contributed by atoms with Gasteiger partial charge in [0.1, 0.15) is 11.5 Å². The van der Waals surface area contributed by atoms with Crippen LogP contribution in [-0.4, -0.2) is 29.7 Å². The maximum atomic E-state index is 12.0. The Morgan fingerprint density at radius 3 is 2.80 bits per heavy atom. The van der Waals surface area contributed by atoms with E-state index in [2.05, 4.69) is 10.5 Å². The number of aryl methyl sites for hydroxylation is 1. The summed E-state index contributed by atoms with van der Waals surface area (Å²) in [6, 6.07) is 8.88. The maximum Gasteiger partial charge on any atom is 0.331 e. The van der Waals surface area contributed by atoms with Crippen LogP contribution in [0.4, 0.5) is 5.82 Å². The third kappa shape index (κ3) is 5.49. The molecule has 0 aliphatic heterocycles. The molecule has 2 rings (SSSR count). The number of hydrogen-bond acceptors (Lipinski definition) is 6. The number of nitrogens with zero attached hydrogens (tertiary/aromatic N) is 1. The van der Waals surface area contributed by atoms with E-state index < -0.39 is 18.0 Å². The monoisotopic (exact) mass is 344 g/mol. The number of anilines is 1. The molecule has 0 fully saturated rings. The molecule has 1 atom stereocenters. The van der Waals surface area contributed by atoms with Crippen molar-refractivity contribution in [3.8, 4) is 5.75 Å². The zero-order valence-corrected chi connectivity index (χ0v) is 14.3. The van der Waals surface area contributed by atoms with Crippen molar-refractivity contribution >= 4 is 23.8 Å². The lowest BCUT2D eigenvalue weighted by molar-refractivity contribution is -0.148. The van der Waals surface area contributed by atoms with Gasteiger partial charge in [0.15, 0.2) is 11.9 Å². The molecule has 0 unspecified atom stereocenters. The van der Waals surface area contributed by atoms with Crippen molar-refractivity contribution in [2.45, 2.75) is 26.9 Å². The van der Waals surface area contributed by atoms with Crippen LogP contribution in [0.15, 0.2) is 40.9 Å². The van der Waals surface area contributed by atoms with Crippen molar-refractivity contribution < 1.29 is 23.6 Å². The minimum absolute atomic E-state index is 0.270. The minimum atomic E-state index is -0.976. The van der Waals surface area contributed by atoms with Crippen molar-refractivity contribution in [2.75, 3.05) is 11.9 Å². The first kappa shape index (κ1) is 18.3. The van der Waals surface area contributed by atoms with Gasteiger partial charge in [-0.05, 0) is 32.9 Å². The average Bonchev–Trinajstić information content (AvgIpc) is 2.99. The third-order valence-corrected chi connectivity index (χ3v) is 3.16. The fraction of sp³-hybridized carbons (Fsp3) is 0.278. The largest absolute Gasteiger partial charge is 0.493 e. The number of ether oxygens (including phenoxy) is 2. The van der Waals surface area contributed by atoms with Crippen molar-refractivity contribution in [3.05, 3.63) is 47.7 Å². The molecular weight excluding hydrogens is 324 g/mol. The summed E-state index contributed by atoms with van der Waals surface area (Å²) in [6.45, 7) is 5.58. The molecule has 2 aromatic rings. The van der Waals surface area contributed by atoms with E-state index in [0.29, 0.717) is 18.1 Å². The fourth-order valence-corrected chi connectivity index (χ4v) is 1.98. The minimum Gasteiger partial charge on any atom is -0.493 e. The molecule has 0 spiro atoms. The predicted octanol–water partition coefficient (Wildman–Crippen LogP) is 2.97. The van der Waals surface area contributed by atoms with Crippen LogP contribution < -0.4 is 10.1 Å². The van der Waals surface area contributed by atoms with Crippen molar-refractivity contribution in [1.82, 2.24) is 5.16 Å². The number of benzene rings is 1. The number of carbonyl (C=O) groups is 2. The van der Waals surface area contributed by atoms with E-state index in [9.17, 15) is 9.59 Å². The number of hydrogen-bond donors (Lipinski definition) is 1. The van der Waals surface area contributed by atoms with Crippen LogP contribution in [0.2, 0.25) is 0 Å². The first-order valence-corrected chi connectivity index (χ1v) is 7.84. The molecule has 0 aliphatic carbocycles. The van der Waals surface area contributed by atoms with Gasteiger partial charge in [0.2, 0.25) is 0 Å². The summed E-state index contributed by atoms with van der Waals surface area (Å²) in [5, 5.41) is 6.15. The van der Waals surface area contributed by atoms with E-state index in [1.807, 2.05) is 31.2 Å². The predicted molar refractivity (Wildman–Crippen MR) is 92.1 cm³/mol. The number of para-hydroxylation sites is 1. The van der Waals surface area contributed by atoms with Crippen LogP contribution in [0.5, 0.6) is 5.75 Å². The summed E-state index contributed by atoms with van der Waals surface area (Å²) in [4.78, 5) is 23.8. The maximum absolute atomic E-state index is 12.0. The summed E-state index contributed by atoms with van der Waals surface area (Å²) in [7, 11) is 0. The molecule has 7 nitrogen and oxygen atoms in total. The molecule has 1 aromatic carbocycles. The van der Waals surface area contributed by atoms with Gasteiger partial charge in [-0.15, -0.1) is 0 Å². The van der Waals surface area contributed by atoms with E-state index in [4.69, 9.17) is 14.0 Å². The molecule has 1 amide bonds. The van der Waals surface area contributed by atoms with Gasteiger partial charge in [-0.1, -0.05) is 23.4 Å². The van der Waals surface area contributed by atoms with Gasteiger partial charge in [-0.25, -0.2) is 4.79 Å². The number of aromatic nitrogens is 1. The van der Waals surface area contributed by atoms with E-state index in [1.54, 1.807) is 19.1 Å². The second-order valence-electron chi connectivity index (χ2n) is 5.20. The highest BCUT2D eigenvalue weighted by Gasteiger charge is 2.18. The Bertz CT molecular complexity index is 766. The first-order chi connectivity index (χ1) is 12.0. The van der Waals surface area contributed by atoms with Gasteiger partial charge < -0.3 is 19.3 Å². The Kier molecular flexibility index (Phi) is 6.33. The standard InChI is InChI=1S/C18H20N2O5/c1-4-23-15-8-6-5-7-14(15)9-10-17(21)24-13(3)18(22)19-16-11-12(2)25-20-16/h5-11,13H,4H2,1-3H3,(H,19,20,22)/b10-9+/t13-/m0/s1. The Hall–Kier alpha value is -3.09. The van der Waals surface area contributed by atoms with Gasteiger partial charge in [0.05, 0.1) is 6.61 Å². The number of amides is 1. The van der Waals surface area contributed by atoms with E-state index >= 15 is 0 Å². The molecule has 1 aromatic heterocycles. The van der Waals surface area contributed by atoms with Crippen LogP contribution in [0.25, 0.3) is 6.08 Å². The molecule has 0 aliphatic rings. The lowest BCUT2D eigenvalue weighted by atomic mass is 10.2. The highest BCUT2D eigenvalue weighted by molar-refractivity contribution is 5.96. The zero-order chi connectivity index (χ0) is 18.2. The number of esters is 1. The van der Waals surface area contributed by atoms with Crippen LogP contribution in [0, 0.1) is 6.92 Å². The van der Waals surface area contributed by atoms with Crippen LogP contribution >= 0.6 is 0 Å². The Labute approximate surface area is 145 Å². The molecule has 1 heterocycles. The van der Waals surface area contributed by atoms with Crippen LogP contribution in [0.1, 0.15) is 25.2 Å². The van der Waals surface area contributed by atoms with Gasteiger partial charge in [0, 0.05) is 17.7 Å². The molecule has 0 saturated heterocycles. The van der Waals surface area contributed by atoms with Gasteiger partial charge >= 0.3 is 5.97 Å². The Morgan fingerprint density at radius 2 is 2.12 bits per heavy atom. The fourth-order valence-electron chi connectivity index (χ4n) is 1.98. The molecule has 0 radical (unpaired) electrons. The summed E-state index contributed by atoms with van der Waals surface area (Å²) >= 11 is 0. The quantitative estimate of drug-likeness (QED) is 0.613. The first-order valence-electron chi connectivity index (χ1n) is 7.84. The molecule has 25 heavy (non-hydrogen) atoms. The highest BCUT2D eigenvalue weighted by Crippen LogP contribution is 2.19. The molecular formula is C18H20N2O5. The molecule has 0 bridgehead atoms. The van der Waals surface area contributed by atoms with Gasteiger partial charge in [-0.2, -0.15) is 0 Å². The second-order valence-corrected chi connectivity index (χ2v) is 5.20. The van der Waals surface area contributed by atoms with Crippen molar-refractivity contribution in [3.63, 3.8) is 0 Å². The summed E-state index contributed by atoms with van der Waals surface area (Å²) in [5.74, 6) is 0.374. The van der Waals surface area contributed by atoms with E-state index in [-0.39, 0.29) is 5.82 Å². The molecule has 132 valence electrons. The Morgan fingerprint density at radius 1 is 1.36 bits per heavy atom. The van der Waals surface area contributed by atoms with Crippen LogP contribution in [-0.2, 0) is 14.3 Å². The summed E-state index contributed by atoms with van der Waals surface area (Å²) in [6.07, 6.45) is 1.86. The topological polar surface area (TPSA) is 90.7 Å². The smallest absolute Gasteiger partial charge is 0.331 e. The number of nitrogens with one attached hydrogen (secondary N) is 1. The van der Waals surface area contributed by atoms with Gasteiger partial charge in [-0.3, -0.25) is 4.79 Å². The molecule has 1 N–H and O–H groups in total. The van der Waals surface area contributed by atoms with Crippen molar-refractivity contribution in [2.24, 2.45) is 0 Å². The lowest BCUT2D eigenvalue weighted by Gasteiger charge is -2.10. The van der Waals surface area contributed by atoms with Crippen molar-refractivity contribution in [1.29, 1.82) is 0 Å². The zero-order valence-electron chi connectivity index (χ0n) is 14.3. The third-order valence-electron chi connectivity index (χ3n) is 3.16. The number of carbonyl (C=O) groups excluding carboxylic acids is 2. The summed E-state index contributed by atoms with van der Waals surface area (Å²) in [5.41, 5.74) is 0.747. The van der Waals surface area contributed by atoms with E-state index in [0.717, 1.165) is 5.56 Å². The molecule has 0 saturated carbocycles. The SMILES string of the molecule is CCOc1ccccc1/C=C/C(=O)O[C@@H](C)C(=O)Nc1cc(C)on1. The molecule has 7 heteroatoms. The summed E-state index contributed by atoms with van der Waals surface area (Å²) < 4.78 is 15.4.